The molecule has 0 aliphatic carbocycles. The molecular formula is C24H23ClN2O2. The van der Waals surface area contributed by atoms with Crippen LogP contribution in [0.4, 0.5) is 0 Å². The van der Waals surface area contributed by atoms with E-state index in [1.165, 1.54) is 5.56 Å². The largest absolute Gasteiger partial charge is 0.340 e. The fourth-order valence-corrected chi connectivity index (χ4v) is 4.05. The summed E-state index contributed by atoms with van der Waals surface area (Å²) in [4.78, 5) is 28.5. The summed E-state index contributed by atoms with van der Waals surface area (Å²) in [6.45, 7) is 4.06. The lowest BCUT2D eigenvalue weighted by atomic mass is 9.98. The third-order valence-electron chi connectivity index (χ3n) is 5.56. The number of carbonyl (C=O) groups excluding carboxylic acids is 2. The lowest BCUT2D eigenvalue weighted by Gasteiger charge is -2.35. The van der Waals surface area contributed by atoms with Gasteiger partial charge in [0, 0.05) is 43.3 Å². The van der Waals surface area contributed by atoms with Crippen LogP contribution < -0.4 is 0 Å². The topological polar surface area (TPSA) is 40.6 Å². The van der Waals surface area contributed by atoms with Crippen molar-refractivity contribution in [2.75, 3.05) is 26.2 Å². The van der Waals surface area contributed by atoms with Gasteiger partial charge in [-0.2, -0.15) is 0 Å². The molecule has 0 bridgehead atoms. The molecule has 1 aliphatic rings. The molecule has 5 heteroatoms. The number of piperazine rings is 1. The standard InChI is InChI=1S/C24H23ClN2O2/c25-21-9-5-18(6-10-21)16-26-11-13-27(14-12-26)24(29)15-19-7-8-20(17-28)23-4-2-1-3-22(19)23/h1-10,17H,11-16H2. The number of aldehydes is 1. The van der Waals surface area contributed by atoms with Crippen LogP contribution >= 0.6 is 11.6 Å². The highest BCUT2D eigenvalue weighted by Gasteiger charge is 2.22. The Morgan fingerprint density at radius 1 is 0.897 bits per heavy atom. The number of carbonyl (C=O) groups is 2. The molecule has 1 aliphatic heterocycles. The number of nitrogens with zero attached hydrogens (tertiary/aromatic N) is 2. The number of hydrogen-bond acceptors (Lipinski definition) is 3. The number of benzene rings is 3. The Kier molecular flexibility index (Phi) is 5.93. The van der Waals surface area contributed by atoms with Crippen LogP contribution in [0.15, 0.2) is 60.7 Å². The first-order valence-electron chi connectivity index (χ1n) is 9.84. The average molecular weight is 407 g/mol. The van der Waals surface area contributed by atoms with Crippen molar-refractivity contribution in [1.82, 2.24) is 9.80 Å². The third kappa shape index (κ3) is 4.50. The summed E-state index contributed by atoms with van der Waals surface area (Å²) < 4.78 is 0. The predicted octanol–water partition coefficient (Wildman–Crippen LogP) is 4.19. The van der Waals surface area contributed by atoms with E-state index < -0.39 is 0 Å². The molecule has 1 amide bonds. The monoisotopic (exact) mass is 406 g/mol. The summed E-state index contributed by atoms with van der Waals surface area (Å²) in [5, 5.41) is 2.63. The molecule has 0 unspecified atom stereocenters. The van der Waals surface area contributed by atoms with Gasteiger partial charge < -0.3 is 4.90 Å². The van der Waals surface area contributed by atoms with Gasteiger partial charge in [-0.05, 0) is 34.0 Å². The van der Waals surface area contributed by atoms with E-state index in [1.54, 1.807) is 0 Å². The highest BCUT2D eigenvalue weighted by Crippen LogP contribution is 2.23. The lowest BCUT2D eigenvalue weighted by molar-refractivity contribution is -0.132. The van der Waals surface area contributed by atoms with E-state index in [1.807, 2.05) is 65.6 Å². The summed E-state index contributed by atoms with van der Waals surface area (Å²) >= 11 is 5.95. The highest BCUT2D eigenvalue weighted by atomic mass is 35.5. The first-order chi connectivity index (χ1) is 14.1. The number of amides is 1. The molecule has 148 valence electrons. The Hall–Kier alpha value is -2.69. The second-order valence-corrected chi connectivity index (χ2v) is 7.87. The Balaban J connectivity index is 1.38. The van der Waals surface area contributed by atoms with Gasteiger partial charge in [0.25, 0.3) is 0 Å². The minimum absolute atomic E-state index is 0.139. The zero-order valence-electron chi connectivity index (χ0n) is 16.2. The molecule has 0 aromatic heterocycles. The maximum atomic E-state index is 12.9. The van der Waals surface area contributed by atoms with Gasteiger partial charge in [-0.1, -0.05) is 60.1 Å². The molecule has 29 heavy (non-hydrogen) atoms. The van der Waals surface area contributed by atoms with Crippen molar-refractivity contribution in [1.29, 1.82) is 0 Å². The van der Waals surface area contributed by atoms with Crippen molar-refractivity contribution in [3.8, 4) is 0 Å². The Morgan fingerprint density at radius 3 is 2.28 bits per heavy atom. The molecule has 4 nitrogen and oxygen atoms in total. The Morgan fingerprint density at radius 2 is 1.59 bits per heavy atom. The van der Waals surface area contributed by atoms with Crippen LogP contribution in [0.2, 0.25) is 5.02 Å². The second-order valence-electron chi connectivity index (χ2n) is 7.44. The zero-order chi connectivity index (χ0) is 20.2. The fraction of sp³-hybridized carbons (Fsp3) is 0.250. The van der Waals surface area contributed by atoms with Gasteiger partial charge in [-0.15, -0.1) is 0 Å². The molecule has 1 heterocycles. The molecule has 0 spiro atoms. The van der Waals surface area contributed by atoms with Crippen LogP contribution in [-0.2, 0) is 17.8 Å². The molecule has 0 saturated carbocycles. The molecule has 1 saturated heterocycles. The molecule has 0 radical (unpaired) electrons. The van der Waals surface area contributed by atoms with Crippen molar-refractivity contribution < 1.29 is 9.59 Å². The summed E-state index contributed by atoms with van der Waals surface area (Å²) in [7, 11) is 0. The highest BCUT2D eigenvalue weighted by molar-refractivity contribution is 6.30. The van der Waals surface area contributed by atoms with Gasteiger partial charge >= 0.3 is 0 Å². The van der Waals surface area contributed by atoms with Gasteiger partial charge in [-0.3, -0.25) is 14.5 Å². The number of rotatable bonds is 5. The normalized spacial score (nSPS) is 14.9. The summed E-state index contributed by atoms with van der Waals surface area (Å²) in [5.74, 6) is 0.139. The third-order valence-corrected chi connectivity index (χ3v) is 5.81. The quantitative estimate of drug-likeness (QED) is 0.596. The average Bonchev–Trinajstić information content (AvgIpc) is 2.76. The van der Waals surface area contributed by atoms with Crippen LogP contribution in [0.3, 0.4) is 0 Å². The lowest BCUT2D eigenvalue weighted by Crippen LogP contribution is -2.48. The summed E-state index contributed by atoms with van der Waals surface area (Å²) in [5.41, 5.74) is 2.86. The van der Waals surface area contributed by atoms with Crippen LogP contribution in [0.5, 0.6) is 0 Å². The fourth-order valence-electron chi connectivity index (χ4n) is 3.92. The minimum atomic E-state index is 0.139. The summed E-state index contributed by atoms with van der Waals surface area (Å²) in [6.07, 6.45) is 1.23. The van der Waals surface area contributed by atoms with E-state index in [0.29, 0.717) is 12.0 Å². The molecule has 4 rings (SSSR count). The number of halogens is 1. The molecule has 3 aromatic carbocycles. The SMILES string of the molecule is O=Cc1ccc(CC(=O)N2CCN(Cc3ccc(Cl)cc3)CC2)c2ccccc12. The van der Waals surface area contributed by atoms with E-state index in [4.69, 9.17) is 11.6 Å². The van der Waals surface area contributed by atoms with E-state index in [0.717, 1.165) is 60.4 Å². The molecule has 3 aromatic rings. The maximum absolute atomic E-state index is 12.9. The van der Waals surface area contributed by atoms with Crippen molar-refractivity contribution in [3.63, 3.8) is 0 Å². The first-order valence-corrected chi connectivity index (χ1v) is 10.2. The summed E-state index contributed by atoms with van der Waals surface area (Å²) in [6, 6.07) is 19.4. The van der Waals surface area contributed by atoms with E-state index in [-0.39, 0.29) is 5.91 Å². The molecule has 0 atom stereocenters. The van der Waals surface area contributed by atoms with Crippen molar-refractivity contribution in [2.24, 2.45) is 0 Å². The predicted molar refractivity (Wildman–Crippen MR) is 116 cm³/mol. The molecular weight excluding hydrogens is 384 g/mol. The van der Waals surface area contributed by atoms with Gasteiger partial charge in [0.1, 0.15) is 0 Å². The minimum Gasteiger partial charge on any atom is -0.340 e. The van der Waals surface area contributed by atoms with Crippen LogP contribution in [0, 0.1) is 0 Å². The molecule has 0 N–H and O–H groups in total. The van der Waals surface area contributed by atoms with E-state index in [9.17, 15) is 9.59 Å². The van der Waals surface area contributed by atoms with Gasteiger partial charge in [0.05, 0.1) is 6.42 Å². The van der Waals surface area contributed by atoms with E-state index in [2.05, 4.69) is 4.90 Å². The number of hydrogen-bond donors (Lipinski definition) is 0. The van der Waals surface area contributed by atoms with Crippen LogP contribution in [0.1, 0.15) is 21.5 Å². The van der Waals surface area contributed by atoms with Gasteiger partial charge in [0.2, 0.25) is 5.91 Å². The van der Waals surface area contributed by atoms with Crippen LogP contribution in [-0.4, -0.2) is 48.2 Å². The van der Waals surface area contributed by atoms with E-state index >= 15 is 0 Å². The molecule has 1 fully saturated rings. The first kappa shape index (κ1) is 19.6. The van der Waals surface area contributed by atoms with Crippen molar-refractivity contribution in [3.05, 3.63) is 82.4 Å². The van der Waals surface area contributed by atoms with Gasteiger partial charge in [0.15, 0.2) is 6.29 Å². The maximum Gasteiger partial charge on any atom is 0.227 e. The Bertz CT molecular complexity index is 1020. The van der Waals surface area contributed by atoms with Crippen molar-refractivity contribution in [2.45, 2.75) is 13.0 Å². The number of fused-ring (bicyclic) bond motifs is 1. The second kappa shape index (κ2) is 8.76. The smallest absolute Gasteiger partial charge is 0.227 e. The van der Waals surface area contributed by atoms with Crippen molar-refractivity contribution >= 4 is 34.6 Å². The Labute approximate surface area is 175 Å². The zero-order valence-corrected chi connectivity index (χ0v) is 16.9. The van der Waals surface area contributed by atoms with Gasteiger partial charge in [-0.25, -0.2) is 0 Å². The van der Waals surface area contributed by atoms with Crippen LogP contribution in [0.25, 0.3) is 10.8 Å².